The van der Waals surface area contributed by atoms with E-state index in [-0.39, 0.29) is 28.0 Å². The maximum atomic E-state index is 13.5. The third kappa shape index (κ3) is 6.15. The van der Waals surface area contributed by atoms with Crippen molar-refractivity contribution < 1.29 is 9.22 Å². The van der Waals surface area contributed by atoms with Crippen molar-refractivity contribution in [2.75, 3.05) is 29.9 Å². The van der Waals surface area contributed by atoms with Crippen LogP contribution in [0.1, 0.15) is 88.2 Å². The molecule has 1 saturated heterocycles. The summed E-state index contributed by atoms with van der Waals surface area (Å²) in [6.07, 6.45) is 9.80. The standard InChI is InChI=1S/C32H46N6O3Si/c1-21-26-19-34-31(36-29(26)38(24-10-8-9-11-24)30(40)28(21)22(2)39)35-27-13-12-25(18-33-27)37-16-14-23(15-17-37)20-41-42(6,7)32(3,4)5/h12-13,18-19,23-24H,8-11,14-17,20H2,1-7H3,(H,33,34,35,36). The van der Waals surface area contributed by atoms with Gasteiger partial charge in [-0.1, -0.05) is 33.6 Å². The summed E-state index contributed by atoms with van der Waals surface area (Å²) in [5.74, 6) is 1.40. The van der Waals surface area contributed by atoms with Crippen LogP contribution in [0.3, 0.4) is 0 Å². The summed E-state index contributed by atoms with van der Waals surface area (Å²) in [4.78, 5) is 42.2. The molecule has 1 saturated carbocycles. The molecule has 42 heavy (non-hydrogen) atoms. The van der Waals surface area contributed by atoms with Crippen LogP contribution in [0.2, 0.25) is 18.1 Å². The van der Waals surface area contributed by atoms with Gasteiger partial charge in [-0.25, -0.2) is 9.97 Å². The number of carbonyl (C=O) groups excluding carboxylic acids is 1. The van der Waals surface area contributed by atoms with Gasteiger partial charge < -0.3 is 14.6 Å². The molecule has 0 aromatic carbocycles. The lowest BCUT2D eigenvalue weighted by Gasteiger charge is -2.39. The fourth-order valence-electron chi connectivity index (χ4n) is 5.97. The number of hydrogen-bond donors (Lipinski definition) is 1. The smallest absolute Gasteiger partial charge is 0.263 e. The second kappa shape index (κ2) is 11.9. The van der Waals surface area contributed by atoms with Gasteiger partial charge in [0, 0.05) is 37.3 Å². The van der Waals surface area contributed by atoms with Crippen LogP contribution in [-0.4, -0.2) is 53.3 Å². The molecule has 1 N–H and O–H groups in total. The minimum Gasteiger partial charge on any atom is -0.417 e. The fourth-order valence-corrected chi connectivity index (χ4v) is 7.06. The molecule has 2 fully saturated rings. The van der Waals surface area contributed by atoms with E-state index in [9.17, 15) is 9.59 Å². The van der Waals surface area contributed by atoms with Crippen LogP contribution in [-0.2, 0) is 4.43 Å². The highest BCUT2D eigenvalue weighted by molar-refractivity contribution is 6.74. The van der Waals surface area contributed by atoms with Crippen LogP contribution in [0, 0.1) is 12.8 Å². The second-order valence-electron chi connectivity index (χ2n) is 13.6. The quantitative estimate of drug-likeness (QED) is 0.226. The van der Waals surface area contributed by atoms with Crippen molar-refractivity contribution >= 4 is 42.6 Å². The Morgan fingerprint density at radius 1 is 1.07 bits per heavy atom. The Morgan fingerprint density at radius 2 is 1.76 bits per heavy atom. The molecular formula is C32H46N6O3Si. The third-order valence-corrected chi connectivity index (χ3v) is 14.2. The highest BCUT2D eigenvalue weighted by atomic mass is 28.4. The van der Waals surface area contributed by atoms with Gasteiger partial charge in [-0.15, -0.1) is 0 Å². The Balaban J connectivity index is 1.28. The second-order valence-corrected chi connectivity index (χ2v) is 18.4. The zero-order valence-corrected chi connectivity index (χ0v) is 27.3. The van der Waals surface area contributed by atoms with Crippen molar-refractivity contribution in [2.45, 2.75) is 97.3 Å². The highest BCUT2D eigenvalue weighted by Gasteiger charge is 2.38. The SMILES string of the molecule is CC(=O)c1c(C)c2cnc(Nc3ccc(N4CCC(CO[Si](C)(C)C(C)(C)C)CC4)cn3)nc2n(C2CCCC2)c1=O. The molecule has 0 spiro atoms. The molecule has 0 amide bonds. The van der Waals surface area contributed by atoms with E-state index < -0.39 is 8.32 Å². The van der Waals surface area contributed by atoms with Crippen LogP contribution in [0.5, 0.6) is 0 Å². The van der Waals surface area contributed by atoms with Gasteiger partial charge in [-0.3, -0.25) is 14.2 Å². The number of anilines is 3. The Morgan fingerprint density at radius 3 is 2.36 bits per heavy atom. The summed E-state index contributed by atoms with van der Waals surface area (Å²) < 4.78 is 8.23. The van der Waals surface area contributed by atoms with E-state index in [0.717, 1.165) is 69.3 Å². The van der Waals surface area contributed by atoms with Crippen LogP contribution < -0.4 is 15.8 Å². The number of carbonyl (C=O) groups is 1. The molecule has 2 aliphatic rings. The number of Topliss-reactive ketones (excluding diaryl/α,β-unsaturated/α-hetero) is 1. The predicted molar refractivity (Wildman–Crippen MR) is 172 cm³/mol. The van der Waals surface area contributed by atoms with Gasteiger partial charge in [-0.05, 0) is 81.3 Å². The van der Waals surface area contributed by atoms with Crippen molar-refractivity contribution in [1.29, 1.82) is 0 Å². The summed E-state index contributed by atoms with van der Waals surface area (Å²) in [5, 5.41) is 4.20. The molecule has 0 bridgehead atoms. The molecule has 3 aromatic heterocycles. The molecule has 1 aliphatic heterocycles. The first-order valence-corrected chi connectivity index (χ1v) is 18.3. The van der Waals surface area contributed by atoms with Crippen molar-refractivity contribution in [3.63, 3.8) is 0 Å². The predicted octanol–water partition coefficient (Wildman–Crippen LogP) is 6.79. The van der Waals surface area contributed by atoms with E-state index in [1.54, 1.807) is 17.7 Å². The fraction of sp³-hybridized carbons (Fsp3) is 0.594. The van der Waals surface area contributed by atoms with Crippen molar-refractivity contribution in [2.24, 2.45) is 5.92 Å². The Bertz CT molecular complexity index is 1500. The topological polar surface area (TPSA) is 102 Å². The van der Waals surface area contributed by atoms with Crippen molar-refractivity contribution in [3.05, 3.63) is 46.0 Å². The first kappa shape index (κ1) is 30.3. The van der Waals surface area contributed by atoms with Gasteiger partial charge in [-0.2, -0.15) is 4.98 Å². The Labute approximate surface area is 250 Å². The maximum absolute atomic E-state index is 13.5. The van der Waals surface area contributed by atoms with E-state index in [2.05, 4.69) is 60.1 Å². The third-order valence-electron chi connectivity index (χ3n) is 9.70. The number of rotatable bonds is 8. The molecule has 0 unspecified atom stereocenters. The average molecular weight is 591 g/mol. The normalized spacial score (nSPS) is 17.3. The number of nitrogens with zero attached hydrogens (tertiary/aromatic N) is 5. The van der Waals surface area contributed by atoms with Crippen LogP contribution in [0.25, 0.3) is 11.0 Å². The number of pyridine rings is 2. The van der Waals surface area contributed by atoms with Crippen LogP contribution in [0.4, 0.5) is 17.5 Å². The Kier molecular flexibility index (Phi) is 8.58. The summed E-state index contributed by atoms with van der Waals surface area (Å²) in [6, 6.07) is 4.08. The number of aryl methyl sites for hydroxylation is 1. The molecule has 9 nitrogen and oxygen atoms in total. The molecule has 0 radical (unpaired) electrons. The number of ketones is 1. The maximum Gasteiger partial charge on any atom is 0.263 e. The minimum absolute atomic E-state index is 0.0432. The van der Waals surface area contributed by atoms with E-state index in [1.165, 1.54) is 6.92 Å². The number of aromatic nitrogens is 4. The number of fused-ring (bicyclic) bond motifs is 1. The molecular weight excluding hydrogens is 544 g/mol. The zero-order chi connectivity index (χ0) is 30.2. The first-order chi connectivity index (χ1) is 19.9. The van der Waals surface area contributed by atoms with Crippen LogP contribution in [0.15, 0.2) is 29.3 Å². The minimum atomic E-state index is -1.72. The zero-order valence-electron chi connectivity index (χ0n) is 26.3. The molecule has 3 aromatic rings. The largest absolute Gasteiger partial charge is 0.417 e. The summed E-state index contributed by atoms with van der Waals surface area (Å²) in [5.41, 5.74) is 2.31. The Hall–Kier alpha value is -3.11. The van der Waals surface area contributed by atoms with Gasteiger partial charge in [0.1, 0.15) is 11.5 Å². The van der Waals surface area contributed by atoms with E-state index in [0.29, 0.717) is 28.9 Å². The molecule has 1 aliphatic carbocycles. The summed E-state index contributed by atoms with van der Waals surface area (Å²) in [7, 11) is -1.72. The van der Waals surface area contributed by atoms with E-state index in [1.807, 2.05) is 12.3 Å². The molecule has 4 heterocycles. The van der Waals surface area contributed by atoms with Gasteiger partial charge in [0.05, 0.1) is 17.4 Å². The van der Waals surface area contributed by atoms with E-state index in [4.69, 9.17) is 9.41 Å². The lowest BCUT2D eigenvalue weighted by molar-refractivity contribution is 0.101. The first-order valence-electron chi connectivity index (χ1n) is 15.4. The monoisotopic (exact) mass is 590 g/mol. The highest BCUT2D eigenvalue weighted by Crippen LogP contribution is 2.37. The van der Waals surface area contributed by atoms with Gasteiger partial charge in [0.2, 0.25) is 5.95 Å². The average Bonchev–Trinajstić information content (AvgIpc) is 3.46. The van der Waals surface area contributed by atoms with Gasteiger partial charge in [0.15, 0.2) is 14.1 Å². The number of piperidine rings is 1. The van der Waals surface area contributed by atoms with Crippen molar-refractivity contribution in [1.82, 2.24) is 19.5 Å². The molecule has 0 atom stereocenters. The van der Waals surface area contributed by atoms with Crippen LogP contribution >= 0.6 is 0 Å². The number of nitrogens with one attached hydrogen (secondary N) is 1. The molecule has 226 valence electrons. The lowest BCUT2D eigenvalue weighted by atomic mass is 9.98. The van der Waals surface area contributed by atoms with Gasteiger partial charge in [0.25, 0.3) is 5.56 Å². The molecule has 5 rings (SSSR count). The van der Waals surface area contributed by atoms with Crippen molar-refractivity contribution in [3.8, 4) is 0 Å². The summed E-state index contributed by atoms with van der Waals surface area (Å²) >= 11 is 0. The lowest BCUT2D eigenvalue weighted by Crippen LogP contribution is -2.43. The number of hydrogen-bond acceptors (Lipinski definition) is 8. The summed E-state index contributed by atoms with van der Waals surface area (Å²) in [6.45, 7) is 17.6. The van der Waals surface area contributed by atoms with Gasteiger partial charge >= 0.3 is 0 Å². The van der Waals surface area contributed by atoms with E-state index >= 15 is 0 Å². The molecule has 10 heteroatoms.